The second-order valence-corrected chi connectivity index (χ2v) is 4.75. The van der Waals surface area contributed by atoms with Gasteiger partial charge in [0.25, 0.3) is 5.56 Å². The minimum Gasteiger partial charge on any atom is -0.483 e. The maximum atomic E-state index is 13.5. The van der Waals surface area contributed by atoms with E-state index in [1.54, 1.807) is 30.5 Å². The maximum Gasteiger partial charge on any atom is 0.303 e. The third-order valence-corrected chi connectivity index (χ3v) is 3.12. The number of carbonyl (C=O) groups is 1. The molecule has 0 aliphatic heterocycles. The van der Waals surface area contributed by atoms with Crippen molar-refractivity contribution in [2.75, 3.05) is 0 Å². The van der Waals surface area contributed by atoms with Crippen LogP contribution < -0.4 is 10.3 Å². The van der Waals surface area contributed by atoms with E-state index in [2.05, 4.69) is 0 Å². The number of benzene rings is 1. The average molecular weight is 305 g/mol. The molecular formula is C16H16FNO4. The van der Waals surface area contributed by atoms with Crippen molar-refractivity contribution < 1.29 is 19.0 Å². The number of halogens is 1. The van der Waals surface area contributed by atoms with E-state index in [-0.39, 0.29) is 30.2 Å². The lowest BCUT2D eigenvalue weighted by atomic mass is 10.2. The first-order valence-electron chi connectivity index (χ1n) is 6.85. The summed E-state index contributed by atoms with van der Waals surface area (Å²) < 4.78 is 20.3. The van der Waals surface area contributed by atoms with Gasteiger partial charge >= 0.3 is 5.97 Å². The lowest BCUT2D eigenvalue weighted by molar-refractivity contribution is -0.137. The quantitative estimate of drug-likeness (QED) is 0.853. The van der Waals surface area contributed by atoms with Crippen LogP contribution in [0.25, 0.3) is 0 Å². The van der Waals surface area contributed by atoms with Crippen LogP contribution in [0.4, 0.5) is 4.39 Å². The fourth-order valence-electron chi connectivity index (χ4n) is 1.97. The van der Waals surface area contributed by atoms with Crippen molar-refractivity contribution in [1.82, 2.24) is 4.57 Å². The number of carboxylic acid groups (broad SMARTS) is 1. The fourth-order valence-corrected chi connectivity index (χ4v) is 1.97. The molecule has 0 spiro atoms. The van der Waals surface area contributed by atoms with Crippen LogP contribution in [0.3, 0.4) is 0 Å². The van der Waals surface area contributed by atoms with E-state index in [0.717, 1.165) is 0 Å². The molecule has 6 heteroatoms. The second kappa shape index (κ2) is 7.40. The van der Waals surface area contributed by atoms with E-state index >= 15 is 0 Å². The van der Waals surface area contributed by atoms with Gasteiger partial charge in [-0.25, -0.2) is 4.39 Å². The summed E-state index contributed by atoms with van der Waals surface area (Å²) in [6.07, 6.45) is 1.92. The zero-order valence-corrected chi connectivity index (χ0v) is 11.9. The molecule has 1 aromatic carbocycles. The summed E-state index contributed by atoms with van der Waals surface area (Å²) in [6.45, 7) is 0.253. The normalized spacial score (nSPS) is 10.4. The van der Waals surface area contributed by atoms with Crippen molar-refractivity contribution in [2.24, 2.45) is 0 Å². The Morgan fingerprint density at radius 1 is 1.23 bits per heavy atom. The molecule has 0 amide bonds. The number of pyridine rings is 1. The fraction of sp³-hybridized carbons (Fsp3) is 0.250. The summed E-state index contributed by atoms with van der Waals surface area (Å²) >= 11 is 0. The largest absolute Gasteiger partial charge is 0.483 e. The summed E-state index contributed by atoms with van der Waals surface area (Å²) in [5.74, 6) is -1.18. The Morgan fingerprint density at radius 2 is 2.00 bits per heavy atom. The zero-order chi connectivity index (χ0) is 15.9. The van der Waals surface area contributed by atoms with Crippen LogP contribution >= 0.6 is 0 Å². The highest BCUT2D eigenvalue weighted by atomic mass is 19.1. The van der Waals surface area contributed by atoms with Crippen LogP contribution in [0.15, 0.2) is 47.4 Å². The van der Waals surface area contributed by atoms with Crippen molar-refractivity contribution in [2.45, 2.75) is 26.0 Å². The Hall–Kier alpha value is -2.63. The first kappa shape index (κ1) is 15.8. The van der Waals surface area contributed by atoms with Gasteiger partial charge in [-0.05, 0) is 24.6 Å². The highest BCUT2D eigenvalue weighted by Gasteiger charge is 2.07. The van der Waals surface area contributed by atoms with E-state index in [1.165, 1.54) is 16.7 Å². The Morgan fingerprint density at radius 3 is 2.73 bits per heavy atom. The van der Waals surface area contributed by atoms with E-state index in [4.69, 9.17) is 9.84 Å². The average Bonchev–Trinajstić information content (AvgIpc) is 2.49. The summed E-state index contributed by atoms with van der Waals surface area (Å²) in [5, 5.41) is 8.60. The van der Waals surface area contributed by atoms with Crippen molar-refractivity contribution in [3.05, 3.63) is 64.3 Å². The minimum absolute atomic E-state index is 0.00719. The molecule has 1 N–H and O–H groups in total. The number of aromatic nitrogens is 1. The van der Waals surface area contributed by atoms with Gasteiger partial charge in [0.05, 0.1) is 0 Å². The molecule has 0 fully saturated rings. The molecule has 0 aliphatic rings. The van der Waals surface area contributed by atoms with Crippen molar-refractivity contribution in [3.63, 3.8) is 0 Å². The Bertz CT molecular complexity index is 711. The van der Waals surface area contributed by atoms with E-state index in [0.29, 0.717) is 18.5 Å². The maximum absolute atomic E-state index is 13.5. The van der Waals surface area contributed by atoms with Crippen LogP contribution in [0.1, 0.15) is 18.4 Å². The summed E-state index contributed by atoms with van der Waals surface area (Å²) in [4.78, 5) is 22.6. The first-order valence-corrected chi connectivity index (χ1v) is 6.85. The third kappa shape index (κ3) is 4.18. The molecule has 0 atom stereocenters. The molecule has 22 heavy (non-hydrogen) atoms. The van der Waals surface area contributed by atoms with Gasteiger partial charge in [-0.2, -0.15) is 0 Å². The number of nitrogens with zero attached hydrogens (tertiary/aromatic N) is 1. The molecule has 0 saturated carbocycles. The predicted molar refractivity (Wildman–Crippen MR) is 78.3 cm³/mol. The lowest BCUT2D eigenvalue weighted by Gasteiger charge is -2.09. The monoisotopic (exact) mass is 305 g/mol. The predicted octanol–water partition coefficient (Wildman–Crippen LogP) is 2.43. The number of carboxylic acids is 1. The summed E-state index contributed by atoms with van der Waals surface area (Å²) in [5.41, 5.74) is 0.00686. The van der Waals surface area contributed by atoms with E-state index in [1.807, 2.05) is 0 Å². The third-order valence-electron chi connectivity index (χ3n) is 3.12. The Balaban J connectivity index is 2.04. The van der Waals surface area contributed by atoms with Gasteiger partial charge in [0.2, 0.25) is 0 Å². The lowest BCUT2D eigenvalue weighted by Crippen LogP contribution is -2.21. The van der Waals surface area contributed by atoms with Gasteiger partial charge in [0, 0.05) is 24.7 Å². The second-order valence-electron chi connectivity index (χ2n) is 4.75. The topological polar surface area (TPSA) is 68.5 Å². The number of hydrogen-bond donors (Lipinski definition) is 1. The zero-order valence-electron chi connectivity index (χ0n) is 11.9. The number of rotatable bonds is 7. The molecule has 2 aromatic rings. The van der Waals surface area contributed by atoms with Crippen LogP contribution in [0, 0.1) is 5.82 Å². The number of aryl methyl sites for hydroxylation is 1. The van der Waals surface area contributed by atoms with Gasteiger partial charge in [-0.15, -0.1) is 0 Å². The Kier molecular flexibility index (Phi) is 5.30. The molecule has 0 bridgehead atoms. The summed E-state index contributed by atoms with van der Waals surface area (Å²) in [6, 6.07) is 9.33. The molecular weight excluding hydrogens is 289 g/mol. The van der Waals surface area contributed by atoms with Gasteiger partial charge in [0.1, 0.15) is 12.4 Å². The number of hydrogen-bond acceptors (Lipinski definition) is 3. The molecule has 116 valence electrons. The highest BCUT2D eigenvalue weighted by molar-refractivity contribution is 5.66. The van der Waals surface area contributed by atoms with Gasteiger partial charge in [0.15, 0.2) is 5.75 Å². The van der Waals surface area contributed by atoms with Gasteiger partial charge in [-0.3, -0.25) is 9.59 Å². The smallest absolute Gasteiger partial charge is 0.303 e. The first-order chi connectivity index (χ1) is 10.6. The van der Waals surface area contributed by atoms with Crippen LogP contribution in [0.2, 0.25) is 0 Å². The highest BCUT2D eigenvalue weighted by Crippen LogP contribution is 2.10. The molecule has 0 saturated heterocycles. The van der Waals surface area contributed by atoms with Crippen LogP contribution in [-0.4, -0.2) is 15.6 Å². The van der Waals surface area contributed by atoms with Gasteiger partial charge < -0.3 is 14.4 Å². The van der Waals surface area contributed by atoms with Crippen molar-refractivity contribution in [3.8, 4) is 5.75 Å². The molecule has 1 heterocycles. The van der Waals surface area contributed by atoms with Crippen molar-refractivity contribution in [1.29, 1.82) is 0 Å². The van der Waals surface area contributed by atoms with E-state index < -0.39 is 5.97 Å². The van der Waals surface area contributed by atoms with Gasteiger partial charge in [-0.1, -0.05) is 18.2 Å². The standard InChI is InChI=1S/C16H16FNO4/c17-13-6-2-1-5-12(13)11-22-14-7-3-9-18(16(14)21)10-4-8-15(19)20/h1-3,5-7,9H,4,8,10-11H2,(H,19,20). The SMILES string of the molecule is O=C(O)CCCn1cccc(OCc2ccccc2F)c1=O. The van der Waals surface area contributed by atoms with Crippen LogP contribution in [0.5, 0.6) is 5.75 Å². The van der Waals surface area contributed by atoms with Crippen LogP contribution in [-0.2, 0) is 17.9 Å². The molecule has 5 nitrogen and oxygen atoms in total. The van der Waals surface area contributed by atoms with Crippen molar-refractivity contribution >= 4 is 5.97 Å². The number of aliphatic carboxylic acids is 1. The number of ether oxygens (including phenoxy) is 1. The molecule has 0 aliphatic carbocycles. The Labute approximate surface area is 126 Å². The van der Waals surface area contributed by atoms with E-state index in [9.17, 15) is 14.0 Å². The summed E-state index contributed by atoms with van der Waals surface area (Å²) in [7, 11) is 0. The molecule has 1 aromatic heterocycles. The molecule has 0 unspecified atom stereocenters. The minimum atomic E-state index is -0.903. The molecule has 0 radical (unpaired) electrons. The molecule has 2 rings (SSSR count).